The lowest BCUT2D eigenvalue weighted by Crippen LogP contribution is -3.08. The number of furan rings is 1. The summed E-state index contributed by atoms with van der Waals surface area (Å²) in [5, 5.41) is 3.39. The number of hydrogen-bond donors (Lipinski definition) is 2. The number of rotatable bonds is 5. The van der Waals surface area contributed by atoms with Gasteiger partial charge in [0.1, 0.15) is 6.54 Å². The van der Waals surface area contributed by atoms with Crippen molar-refractivity contribution in [1.82, 2.24) is 4.98 Å². The van der Waals surface area contributed by atoms with Gasteiger partial charge in [-0.3, -0.25) is 4.79 Å². The topological polar surface area (TPSA) is 59.6 Å². The van der Waals surface area contributed by atoms with E-state index < -0.39 is 0 Å². The Morgan fingerprint density at radius 1 is 1.50 bits per heavy atom. The fourth-order valence-electron chi connectivity index (χ4n) is 1.73. The third-order valence-corrected chi connectivity index (χ3v) is 3.08. The molecule has 0 fully saturated rings. The van der Waals surface area contributed by atoms with Gasteiger partial charge in [0.15, 0.2) is 18.1 Å². The van der Waals surface area contributed by atoms with E-state index >= 15 is 0 Å². The molecule has 0 saturated heterocycles. The molecule has 7 heteroatoms. The van der Waals surface area contributed by atoms with Crippen LogP contribution >= 0.6 is 23.2 Å². The Morgan fingerprint density at radius 3 is 2.95 bits per heavy atom. The van der Waals surface area contributed by atoms with Crippen LogP contribution in [0.4, 0.5) is 5.82 Å². The summed E-state index contributed by atoms with van der Waals surface area (Å²) >= 11 is 11.7. The van der Waals surface area contributed by atoms with E-state index in [0.717, 1.165) is 10.7 Å². The van der Waals surface area contributed by atoms with Crippen molar-refractivity contribution >= 4 is 34.9 Å². The summed E-state index contributed by atoms with van der Waals surface area (Å²) in [5.74, 6) is 0.968. The van der Waals surface area contributed by atoms with Gasteiger partial charge in [-0.15, -0.1) is 0 Å². The molecule has 2 heterocycles. The molecule has 2 aromatic heterocycles. The summed E-state index contributed by atoms with van der Waals surface area (Å²) in [4.78, 5) is 16.9. The molecule has 2 N–H and O–H groups in total. The number of nitrogens with one attached hydrogen (secondary N) is 2. The standard InChI is InChI=1S/C13H13Cl2N3O2/c1-18(7-10-3-2-4-20-10)8-12(19)17-13-11(15)5-9(14)6-16-13/h2-6H,7-8H2,1H3,(H,16,17,19)/p+1. The summed E-state index contributed by atoms with van der Waals surface area (Å²) in [7, 11) is 1.90. The van der Waals surface area contributed by atoms with E-state index in [0.29, 0.717) is 22.4 Å². The number of carbonyl (C=O) groups excluding carboxylic acids is 1. The highest BCUT2D eigenvalue weighted by Crippen LogP contribution is 2.22. The molecule has 0 saturated carbocycles. The summed E-state index contributed by atoms with van der Waals surface area (Å²) < 4.78 is 5.24. The molecule has 0 aliphatic heterocycles. The molecule has 5 nitrogen and oxygen atoms in total. The van der Waals surface area contributed by atoms with Crippen molar-refractivity contribution in [3.8, 4) is 0 Å². The van der Waals surface area contributed by atoms with Gasteiger partial charge in [-0.25, -0.2) is 4.98 Å². The van der Waals surface area contributed by atoms with Gasteiger partial charge in [0.05, 0.1) is 23.4 Å². The molecule has 2 rings (SSSR count). The van der Waals surface area contributed by atoms with E-state index in [4.69, 9.17) is 27.6 Å². The molecular weight excluding hydrogens is 301 g/mol. The van der Waals surface area contributed by atoms with Crippen LogP contribution in [0.3, 0.4) is 0 Å². The monoisotopic (exact) mass is 314 g/mol. The highest BCUT2D eigenvalue weighted by molar-refractivity contribution is 6.36. The maximum absolute atomic E-state index is 11.9. The lowest BCUT2D eigenvalue weighted by molar-refractivity contribution is -0.886. The van der Waals surface area contributed by atoms with Crippen LogP contribution in [-0.2, 0) is 11.3 Å². The molecular formula is C13H14Cl2N3O2+. The predicted octanol–water partition coefficient (Wildman–Crippen LogP) is 1.63. The van der Waals surface area contributed by atoms with E-state index in [-0.39, 0.29) is 12.5 Å². The van der Waals surface area contributed by atoms with Crippen molar-refractivity contribution in [2.24, 2.45) is 0 Å². The maximum Gasteiger partial charge on any atom is 0.280 e. The molecule has 0 bridgehead atoms. The third kappa shape index (κ3) is 4.23. The van der Waals surface area contributed by atoms with Crippen LogP contribution in [0, 0.1) is 0 Å². The van der Waals surface area contributed by atoms with Crippen molar-refractivity contribution in [2.45, 2.75) is 6.54 Å². The van der Waals surface area contributed by atoms with E-state index in [2.05, 4.69) is 10.3 Å². The number of pyridine rings is 1. The molecule has 0 spiro atoms. The smallest absolute Gasteiger partial charge is 0.280 e. The fourth-order valence-corrected chi connectivity index (χ4v) is 2.16. The molecule has 0 aliphatic rings. The summed E-state index contributed by atoms with van der Waals surface area (Å²) in [6.45, 7) is 0.906. The number of carbonyl (C=O) groups is 1. The van der Waals surface area contributed by atoms with Crippen LogP contribution in [0.15, 0.2) is 35.1 Å². The Bertz CT molecular complexity index is 587. The molecule has 1 atom stereocenters. The van der Waals surface area contributed by atoms with Crippen molar-refractivity contribution in [3.05, 3.63) is 46.5 Å². The zero-order chi connectivity index (χ0) is 14.5. The molecule has 106 valence electrons. The minimum absolute atomic E-state index is 0.175. The molecule has 20 heavy (non-hydrogen) atoms. The first kappa shape index (κ1) is 14.8. The van der Waals surface area contributed by atoms with Crippen LogP contribution < -0.4 is 10.2 Å². The van der Waals surface area contributed by atoms with Crippen LogP contribution in [0.25, 0.3) is 0 Å². The lowest BCUT2D eigenvalue weighted by Gasteiger charge is -2.12. The number of anilines is 1. The van der Waals surface area contributed by atoms with Gasteiger partial charge >= 0.3 is 0 Å². The first-order valence-corrected chi connectivity index (χ1v) is 6.75. The molecule has 1 amide bonds. The SMILES string of the molecule is C[NH+](CC(=O)Nc1ncc(Cl)cc1Cl)Cc1ccco1. The number of quaternary nitrogens is 1. The fraction of sp³-hybridized carbons (Fsp3) is 0.231. The molecule has 2 aromatic rings. The number of halogens is 2. The largest absolute Gasteiger partial charge is 0.463 e. The van der Waals surface area contributed by atoms with Gasteiger partial charge in [-0.1, -0.05) is 23.2 Å². The van der Waals surface area contributed by atoms with Crippen molar-refractivity contribution in [3.63, 3.8) is 0 Å². The van der Waals surface area contributed by atoms with Crippen molar-refractivity contribution < 1.29 is 14.1 Å². The van der Waals surface area contributed by atoms with Gasteiger partial charge in [0, 0.05) is 6.20 Å². The molecule has 0 radical (unpaired) electrons. The Labute approximate surface area is 126 Å². The van der Waals surface area contributed by atoms with Gasteiger partial charge in [-0.05, 0) is 18.2 Å². The number of nitrogens with zero attached hydrogens (tertiary/aromatic N) is 1. The first-order chi connectivity index (χ1) is 9.54. The van der Waals surface area contributed by atoms with Gasteiger partial charge in [0.2, 0.25) is 0 Å². The second-order valence-corrected chi connectivity index (χ2v) is 5.27. The second-order valence-electron chi connectivity index (χ2n) is 4.42. The Hall–Kier alpha value is -1.56. The molecule has 1 unspecified atom stereocenters. The van der Waals surface area contributed by atoms with Crippen molar-refractivity contribution in [1.29, 1.82) is 0 Å². The lowest BCUT2D eigenvalue weighted by atomic mass is 10.4. The first-order valence-electron chi connectivity index (χ1n) is 5.99. The Morgan fingerprint density at radius 2 is 2.30 bits per heavy atom. The number of likely N-dealkylation sites (N-methyl/N-ethyl adjacent to an activating group) is 1. The van der Waals surface area contributed by atoms with Crippen LogP contribution in [0.1, 0.15) is 5.76 Å². The minimum Gasteiger partial charge on any atom is -0.463 e. The third-order valence-electron chi connectivity index (χ3n) is 2.58. The minimum atomic E-state index is -0.175. The van der Waals surface area contributed by atoms with Gasteiger partial charge in [0.25, 0.3) is 5.91 Å². The number of hydrogen-bond acceptors (Lipinski definition) is 3. The van der Waals surface area contributed by atoms with E-state index in [1.54, 1.807) is 6.26 Å². The maximum atomic E-state index is 11.9. The molecule has 0 aliphatic carbocycles. The van der Waals surface area contributed by atoms with Crippen LogP contribution in [0.2, 0.25) is 10.0 Å². The normalized spacial score (nSPS) is 12.2. The average Bonchev–Trinajstić information content (AvgIpc) is 2.85. The summed E-state index contributed by atoms with van der Waals surface area (Å²) in [5.41, 5.74) is 0. The zero-order valence-corrected chi connectivity index (χ0v) is 12.3. The van der Waals surface area contributed by atoms with Gasteiger partial charge in [-0.2, -0.15) is 0 Å². The number of aromatic nitrogens is 1. The second kappa shape index (κ2) is 6.74. The van der Waals surface area contributed by atoms with Crippen molar-refractivity contribution in [2.75, 3.05) is 18.9 Å². The number of amides is 1. The van der Waals surface area contributed by atoms with Crippen LogP contribution in [-0.4, -0.2) is 24.5 Å². The average molecular weight is 315 g/mol. The van der Waals surface area contributed by atoms with E-state index in [9.17, 15) is 4.79 Å². The summed E-state index contributed by atoms with van der Waals surface area (Å²) in [6, 6.07) is 5.23. The highest BCUT2D eigenvalue weighted by Gasteiger charge is 2.14. The van der Waals surface area contributed by atoms with E-state index in [1.807, 2.05) is 19.2 Å². The predicted molar refractivity (Wildman–Crippen MR) is 77.1 cm³/mol. The Balaban J connectivity index is 1.88. The van der Waals surface area contributed by atoms with Crippen LogP contribution in [0.5, 0.6) is 0 Å². The quantitative estimate of drug-likeness (QED) is 0.882. The molecule has 0 aromatic carbocycles. The van der Waals surface area contributed by atoms with E-state index in [1.165, 1.54) is 12.3 Å². The summed E-state index contributed by atoms with van der Waals surface area (Å²) in [6.07, 6.45) is 3.04. The zero-order valence-electron chi connectivity index (χ0n) is 10.8. The highest BCUT2D eigenvalue weighted by atomic mass is 35.5. The van der Waals surface area contributed by atoms with Gasteiger partial charge < -0.3 is 14.6 Å². The Kier molecular flexibility index (Phi) is 5.00.